The van der Waals surface area contributed by atoms with Crippen molar-refractivity contribution in [3.8, 4) is 23.0 Å². The molecule has 0 atom stereocenters. The fraction of sp³-hybridized carbons (Fsp3) is 0.154. The number of rotatable bonds is 6. The maximum absolute atomic E-state index is 13.6. The Balaban J connectivity index is 1.61. The van der Waals surface area contributed by atoms with Gasteiger partial charge in [-0.1, -0.05) is 23.8 Å². The van der Waals surface area contributed by atoms with Gasteiger partial charge in [-0.15, -0.1) is 0 Å². The van der Waals surface area contributed by atoms with Crippen LogP contribution in [0.15, 0.2) is 66.4 Å². The van der Waals surface area contributed by atoms with Gasteiger partial charge < -0.3 is 24.3 Å². The Morgan fingerprint density at radius 1 is 0.824 bits per heavy atom. The van der Waals surface area contributed by atoms with E-state index < -0.39 is 11.8 Å². The first-order valence-corrected chi connectivity index (χ1v) is 10.6. The lowest BCUT2D eigenvalue weighted by atomic mass is 10.0. The van der Waals surface area contributed by atoms with Crippen LogP contribution in [0.5, 0.6) is 23.0 Å². The number of ether oxygens (including phenoxy) is 4. The van der Waals surface area contributed by atoms with Crippen molar-refractivity contribution in [3.63, 3.8) is 0 Å². The van der Waals surface area contributed by atoms with E-state index in [2.05, 4.69) is 5.32 Å². The first-order valence-electron chi connectivity index (χ1n) is 10.6. The van der Waals surface area contributed by atoms with Crippen LogP contribution in [0.2, 0.25) is 0 Å². The smallest absolute Gasteiger partial charge is 0.282 e. The Morgan fingerprint density at radius 3 is 2.29 bits per heavy atom. The van der Waals surface area contributed by atoms with Crippen LogP contribution in [0.4, 0.5) is 11.4 Å². The number of fused-ring (bicyclic) bond motifs is 1. The van der Waals surface area contributed by atoms with Crippen LogP contribution in [-0.4, -0.2) is 32.8 Å². The summed E-state index contributed by atoms with van der Waals surface area (Å²) in [5, 5.41) is 3.14. The highest BCUT2D eigenvalue weighted by Crippen LogP contribution is 2.39. The van der Waals surface area contributed by atoms with Gasteiger partial charge in [-0.05, 0) is 48.9 Å². The van der Waals surface area contributed by atoms with Crippen LogP contribution in [-0.2, 0) is 9.59 Å². The molecular formula is C26H22N2O6. The van der Waals surface area contributed by atoms with Crippen molar-refractivity contribution >= 4 is 28.8 Å². The second kappa shape index (κ2) is 8.47. The number of hydrogen-bond acceptors (Lipinski definition) is 7. The number of nitrogens with zero attached hydrogens (tertiary/aromatic N) is 1. The van der Waals surface area contributed by atoms with Crippen molar-refractivity contribution < 1.29 is 28.5 Å². The van der Waals surface area contributed by atoms with Crippen molar-refractivity contribution in [2.75, 3.05) is 31.2 Å². The molecule has 2 heterocycles. The van der Waals surface area contributed by atoms with Gasteiger partial charge >= 0.3 is 0 Å². The Morgan fingerprint density at radius 2 is 1.56 bits per heavy atom. The van der Waals surface area contributed by atoms with Crippen molar-refractivity contribution in [3.05, 3.63) is 77.5 Å². The zero-order chi connectivity index (χ0) is 23.8. The predicted molar refractivity (Wildman–Crippen MR) is 126 cm³/mol. The molecule has 0 unspecified atom stereocenters. The van der Waals surface area contributed by atoms with Gasteiger partial charge in [0.1, 0.15) is 5.70 Å². The molecule has 2 aliphatic rings. The fourth-order valence-electron chi connectivity index (χ4n) is 3.95. The van der Waals surface area contributed by atoms with E-state index in [-0.39, 0.29) is 18.1 Å². The lowest BCUT2D eigenvalue weighted by Gasteiger charge is -2.16. The minimum Gasteiger partial charge on any atom is -0.493 e. The van der Waals surface area contributed by atoms with E-state index in [0.717, 1.165) is 5.56 Å². The highest BCUT2D eigenvalue weighted by molar-refractivity contribution is 6.46. The summed E-state index contributed by atoms with van der Waals surface area (Å²) in [5.41, 5.74) is 2.99. The highest BCUT2D eigenvalue weighted by atomic mass is 16.7. The van der Waals surface area contributed by atoms with Gasteiger partial charge in [-0.25, -0.2) is 4.90 Å². The van der Waals surface area contributed by atoms with Crippen LogP contribution in [0.25, 0.3) is 5.57 Å². The van der Waals surface area contributed by atoms with E-state index in [4.69, 9.17) is 18.9 Å². The third kappa shape index (κ3) is 3.59. The number of benzene rings is 3. The average Bonchev–Trinajstić information content (AvgIpc) is 3.41. The Kier molecular flexibility index (Phi) is 5.33. The van der Waals surface area contributed by atoms with E-state index in [1.807, 2.05) is 19.1 Å². The summed E-state index contributed by atoms with van der Waals surface area (Å²) in [6.07, 6.45) is 0. The number of methoxy groups -OCH3 is 2. The van der Waals surface area contributed by atoms with E-state index in [1.165, 1.54) is 19.1 Å². The average molecular weight is 458 g/mol. The maximum atomic E-state index is 13.6. The van der Waals surface area contributed by atoms with E-state index >= 15 is 0 Å². The fourth-order valence-corrected chi connectivity index (χ4v) is 3.95. The second-order valence-electron chi connectivity index (χ2n) is 7.79. The van der Waals surface area contributed by atoms with Crippen LogP contribution < -0.4 is 29.2 Å². The molecule has 3 aromatic rings. The van der Waals surface area contributed by atoms with Gasteiger partial charge in [-0.2, -0.15) is 0 Å². The standard InChI is InChI=1S/C26H22N2O6/c1-15-4-8-18(9-5-15)28-25(29)23(16-6-10-19(31-2)21(12-16)32-3)24(26(28)30)27-17-7-11-20-22(13-17)34-14-33-20/h4-13,27H,14H2,1-3H3. The molecule has 34 heavy (non-hydrogen) atoms. The number of imide groups is 1. The molecule has 3 aromatic carbocycles. The van der Waals surface area contributed by atoms with Gasteiger partial charge in [0.25, 0.3) is 11.8 Å². The van der Waals surface area contributed by atoms with Crippen molar-refractivity contribution in [1.29, 1.82) is 0 Å². The number of nitrogens with one attached hydrogen (secondary N) is 1. The van der Waals surface area contributed by atoms with E-state index in [0.29, 0.717) is 39.9 Å². The molecule has 1 N–H and O–H groups in total. The molecule has 0 aliphatic carbocycles. The van der Waals surface area contributed by atoms with Crippen LogP contribution in [0.3, 0.4) is 0 Å². The topological polar surface area (TPSA) is 86.3 Å². The van der Waals surface area contributed by atoms with Gasteiger partial charge in [0.2, 0.25) is 6.79 Å². The molecular weight excluding hydrogens is 436 g/mol. The maximum Gasteiger partial charge on any atom is 0.282 e. The molecule has 2 aliphatic heterocycles. The normalized spacial score (nSPS) is 14.6. The molecule has 0 saturated heterocycles. The van der Waals surface area contributed by atoms with Gasteiger partial charge in [-0.3, -0.25) is 9.59 Å². The highest BCUT2D eigenvalue weighted by Gasteiger charge is 2.40. The first kappa shape index (κ1) is 21.4. The minimum absolute atomic E-state index is 0.136. The molecule has 0 radical (unpaired) electrons. The van der Waals surface area contributed by atoms with E-state index in [9.17, 15) is 9.59 Å². The van der Waals surface area contributed by atoms with E-state index in [1.54, 1.807) is 48.5 Å². The Bertz CT molecular complexity index is 1330. The number of carbonyl (C=O) groups excluding carboxylic acids is 2. The number of aryl methyl sites for hydroxylation is 1. The summed E-state index contributed by atoms with van der Waals surface area (Å²) < 4.78 is 21.6. The quantitative estimate of drug-likeness (QED) is 0.556. The van der Waals surface area contributed by atoms with Gasteiger partial charge in [0, 0.05) is 11.8 Å². The number of carbonyl (C=O) groups is 2. The molecule has 2 amide bonds. The van der Waals surface area contributed by atoms with Crippen LogP contribution in [0, 0.1) is 6.92 Å². The zero-order valence-corrected chi connectivity index (χ0v) is 18.9. The lowest BCUT2D eigenvalue weighted by Crippen LogP contribution is -2.32. The lowest BCUT2D eigenvalue weighted by molar-refractivity contribution is -0.120. The third-order valence-electron chi connectivity index (χ3n) is 5.69. The van der Waals surface area contributed by atoms with Gasteiger partial charge in [0.05, 0.1) is 25.5 Å². The van der Waals surface area contributed by atoms with Crippen molar-refractivity contribution in [2.24, 2.45) is 0 Å². The summed E-state index contributed by atoms with van der Waals surface area (Å²) in [4.78, 5) is 28.4. The number of amides is 2. The van der Waals surface area contributed by atoms with Crippen LogP contribution in [0.1, 0.15) is 11.1 Å². The molecule has 0 aromatic heterocycles. The summed E-state index contributed by atoms with van der Waals surface area (Å²) in [5.74, 6) is 1.24. The second-order valence-corrected chi connectivity index (χ2v) is 7.79. The third-order valence-corrected chi connectivity index (χ3v) is 5.69. The summed E-state index contributed by atoms with van der Waals surface area (Å²) in [6.45, 7) is 2.08. The Hall–Kier alpha value is -4.46. The summed E-state index contributed by atoms with van der Waals surface area (Å²) >= 11 is 0. The predicted octanol–water partition coefficient (Wildman–Crippen LogP) is 4.14. The number of hydrogen-bond donors (Lipinski definition) is 1. The molecule has 0 saturated carbocycles. The number of anilines is 2. The molecule has 0 fully saturated rings. The van der Waals surface area contributed by atoms with Crippen molar-refractivity contribution in [2.45, 2.75) is 6.92 Å². The van der Waals surface area contributed by atoms with Crippen LogP contribution >= 0.6 is 0 Å². The Labute approximate surface area is 196 Å². The zero-order valence-electron chi connectivity index (χ0n) is 18.9. The monoisotopic (exact) mass is 458 g/mol. The van der Waals surface area contributed by atoms with Crippen molar-refractivity contribution in [1.82, 2.24) is 0 Å². The van der Waals surface area contributed by atoms with Gasteiger partial charge in [0.15, 0.2) is 23.0 Å². The molecule has 5 rings (SSSR count). The molecule has 8 nitrogen and oxygen atoms in total. The molecule has 8 heteroatoms. The SMILES string of the molecule is COc1ccc(C2=C(Nc3ccc4c(c3)OCO4)C(=O)N(c3ccc(C)cc3)C2=O)cc1OC. The minimum atomic E-state index is -0.462. The molecule has 172 valence electrons. The summed E-state index contributed by atoms with van der Waals surface area (Å²) in [6, 6.07) is 17.6. The summed E-state index contributed by atoms with van der Waals surface area (Å²) in [7, 11) is 3.05. The first-order chi connectivity index (χ1) is 16.5. The largest absolute Gasteiger partial charge is 0.493 e. The molecule has 0 bridgehead atoms. The molecule has 0 spiro atoms.